The van der Waals surface area contributed by atoms with Crippen molar-refractivity contribution in [2.75, 3.05) is 23.7 Å². The summed E-state index contributed by atoms with van der Waals surface area (Å²) < 4.78 is 0. The van der Waals surface area contributed by atoms with E-state index in [0.29, 0.717) is 5.82 Å². The third-order valence-electron chi connectivity index (χ3n) is 2.90. The van der Waals surface area contributed by atoms with E-state index in [1.807, 2.05) is 6.07 Å². The topological polar surface area (TPSA) is 81.1 Å². The summed E-state index contributed by atoms with van der Waals surface area (Å²) in [5, 5.41) is 7.91. The minimum absolute atomic E-state index is 0.0300. The highest BCUT2D eigenvalue weighted by Crippen LogP contribution is 2.22. The standard InChI is InChI=1S/C10H17N5/c1-10(12)4-6-15(7-5-10)9-3-2-8(11)13-14-9/h2-3H,4-7,12H2,1H3,(H2,11,13). The highest BCUT2D eigenvalue weighted by atomic mass is 15.3. The Bertz CT molecular complexity index is 322. The van der Waals surface area contributed by atoms with Gasteiger partial charge in [0.1, 0.15) is 5.82 Å². The lowest BCUT2D eigenvalue weighted by molar-refractivity contribution is 0.362. The molecule has 0 aliphatic carbocycles. The smallest absolute Gasteiger partial charge is 0.151 e. The highest BCUT2D eigenvalue weighted by molar-refractivity contribution is 5.41. The summed E-state index contributed by atoms with van der Waals surface area (Å²) in [7, 11) is 0. The van der Waals surface area contributed by atoms with E-state index in [-0.39, 0.29) is 5.54 Å². The normalized spacial score (nSPS) is 20.3. The van der Waals surface area contributed by atoms with Crippen molar-refractivity contribution >= 4 is 11.6 Å². The number of rotatable bonds is 1. The van der Waals surface area contributed by atoms with Gasteiger partial charge in [0.2, 0.25) is 0 Å². The van der Waals surface area contributed by atoms with Crippen molar-refractivity contribution in [3.05, 3.63) is 12.1 Å². The number of nitrogens with zero attached hydrogens (tertiary/aromatic N) is 3. The van der Waals surface area contributed by atoms with Crippen LogP contribution in [0.15, 0.2) is 12.1 Å². The minimum Gasteiger partial charge on any atom is -0.382 e. The van der Waals surface area contributed by atoms with Gasteiger partial charge in [-0.05, 0) is 31.9 Å². The summed E-state index contributed by atoms with van der Waals surface area (Å²) in [4.78, 5) is 2.20. The van der Waals surface area contributed by atoms with Gasteiger partial charge in [-0.1, -0.05) is 0 Å². The Kier molecular flexibility index (Phi) is 2.48. The molecule has 0 radical (unpaired) electrons. The quantitative estimate of drug-likeness (QED) is 0.695. The molecule has 5 heteroatoms. The molecule has 1 saturated heterocycles. The third kappa shape index (κ3) is 2.36. The lowest BCUT2D eigenvalue weighted by Gasteiger charge is -2.37. The maximum atomic E-state index is 6.06. The molecule has 0 aromatic carbocycles. The molecule has 1 aromatic heterocycles. The second-order valence-corrected chi connectivity index (χ2v) is 4.46. The maximum Gasteiger partial charge on any atom is 0.151 e. The molecule has 0 saturated carbocycles. The molecular formula is C10H17N5. The van der Waals surface area contributed by atoms with E-state index in [9.17, 15) is 0 Å². The Morgan fingerprint density at radius 1 is 1.27 bits per heavy atom. The molecule has 0 unspecified atom stereocenters. The third-order valence-corrected chi connectivity index (χ3v) is 2.90. The molecule has 1 fully saturated rings. The zero-order valence-corrected chi connectivity index (χ0v) is 8.98. The molecule has 2 heterocycles. The van der Waals surface area contributed by atoms with Gasteiger partial charge in [-0.2, -0.15) is 0 Å². The van der Waals surface area contributed by atoms with Crippen LogP contribution in [0.1, 0.15) is 19.8 Å². The fourth-order valence-electron chi connectivity index (χ4n) is 1.75. The summed E-state index contributed by atoms with van der Waals surface area (Å²) in [5.74, 6) is 1.35. The van der Waals surface area contributed by atoms with Crippen LogP contribution in [-0.4, -0.2) is 28.8 Å². The Hall–Kier alpha value is -1.36. The molecule has 0 amide bonds. The van der Waals surface area contributed by atoms with Gasteiger partial charge in [0.15, 0.2) is 5.82 Å². The lowest BCUT2D eigenvalue weighted by Crippen LogP contribution is -2.48. The van der Waals surface area contributed by atoms with Crippen LogP contribution in [0.5, 0.6) is 0 Å². The summed E-state index contributed by atoms with van der Waals surface area (Å²) in [5.41, 5.74) is 11.5. The Morgan fingerprint density at radius 2 is 1.93 bits per heavy atom. The van der Waals surface area contributed by atoms with Gasteiger partial charge < -0.3 is 16.4 Å². The van der Waals surface area contributed by atoms with Gasteiger partial charge in [-0.25, -0.2) is 0 Å². The van der Waals surface area contributed by atoms with Crippen LogP contribution in [0.4, 0.5) is 11.6 Å². The molecule has 5 nitrogen and oxygen atoms in total. The highest BCUT2D eigenvalue weighted by Gasteiger charge is 2.26. The average molecular weight is 207 g/mol. The van der Waals surface area contributed by atoms with Crippen LogP contribution in [0.3, 0.4) is 0 Å². The van der Waals surface area contributed by atoms with Crippen LogP contribution in [0, 0.1) is 0 Å². The number of piperidine rings is 1. The Morgan fingerprint density at radius 3 is 2.47 bits per heavy atom. The fraction of sp³-hybridized carbons (Fsp3) is 0.600. The maximum absolute atomic E-state index is 6.06. The van der Waals surface area contributed by atoms with E-state index < -0.39 is 0 Å². The van der Waals surface area contributed by atoms with Crippen molar-refractivity contribution < 1.29 is 0 Å². The number of nitrogen functional groups attached to an aromatic ring is 1. The van der Waals surface area contributed by atoms with E-state index in [2.05, 4.69) is 22.0 Å². The molecule has 0 spiro atoms. The number of hydrogen-bond acceptors (Lipinski definition) is 5. The van der Waals surface area contributed by atoms with Gasteiger partial charge in [0.25, 0.3) is 0 Å². The van der Waals surface area contributed by atoms with E-state index in [1.165, 1.54) is 0 Å². The number of hydrogen-bond donors (Lipinski definition) is 2. The van der Waals surface area contributed by atoms with Gasteiger partial charge in [0, 0.05) is 18.6 Å². The monoisotopic (exact) mass is 207 g/mol. The first-order chi connectivity index (χ1) is 7.07. The lowest BCUT2D eigenvalue weighted by atomic mass is 9.91. The first-order valence-electron chi connectivity index (χ1n) is 5.20. The first kappa shape index (κ1) is 10.2. The van der Waals surface area contributed by atoms with Crippen molar-refractivity contribution in [3.8, 4) is 0 Å². The predicted octanol–water partition coefficient (Wildman–Crippen LogP) is 0.376. The minimum atomic E-state index is -0.0300. The summed E-state index contributed by atoms with van der Waals surface area (Å²) in [6.07, 6.45) is 1.97. The van der Waals surface area contributed by atoms with E-state index in [0.717, 1.165) is 31.7 Å². The summed E-state index contributed by atoms with van der Waals surface area (Å²) in [6, 6.07) is 3.68. The van der Waals surface area contributed by atoms with Gasteiger partial charge in [0.05, 0.1) is 0 Å². The van der Waals surface area contributed by atoms with Crippen molar-refractivity contribution in [1.29, 1.82) is 0 Å². The number of nitrogens with two attached hydrogens (primary N) is 2. The first-order valence-corrected chi connectivity index (χ1v) is 5.20. The number of anilines is 2. The van der Waals surface area contributed by atoms with E-state index in [4.69, 9.17) is 11.5 Å². The molecule has 1 aromatic rings. The molecule has 1 aliphatic heterocycles. The SMILES string of the molecule is CC1(N)CCN(c2ccc(N)nn2)CC1. The molecule has 0 bridgehead atoms. The van der Waals surface area contributed by atoms with Gasteiger partial charge >= 0.3 is 0 Å². The molecule has 0 atom stereocenters. The van der Waals surface area contributed by atoms with Crippen molar-refractivity contribution in [3.63, 3.8) is 0 Å². The predicted molar refractivity (Wildman–Crippen MR) is 60.5 cm³/mol. The molecule has 82 valence electrons. The number of aromatic nitrogens is 2. The second-order valence-electron chi connectivity index (χ2n) is 4.46. The van der Waals surface area contributed by atoms with Crippen LogP contribution < -0.4 is 16.4 Å². The van der Waals surface area contributed by atoms with Crippen LogP contribution >= 0.6 is 0 Å². The zero-order valence-electron chi connectivity index (χ0n) is 8.98. The molecule has 4 N–H and O–H groups in total. The van der Waals surface area contributed by atoms with Crippen molar-refractivity contribution in [2.24, 2.45) is 5.73 Å². The van der Waals surface area contributed by atoms with Crippen LogP contribution in [0.25, 0.3) is 0 Å². The molecule has 2 rings (SSSR count). The van der Waals surface area contributed by atoms with E-state index in [1.54, 1.807) is 6.07 Å². The molecular weight excluding hydrogens is 190 g/mol. The largest absolute Gasteiger partial charge is 0.382 e. The van der Waals surface area contributed by atoms with Crippen molar-refractivity contribution in [2.45, 2.75) is 25.3 Å². The summed E-state index contributed by atoms with van der Waals surface area (Å²) >= 11 is 0. The van der Waals surface area contributed by atoms with Gasteiger partial charge in [-0.3, -0.25) is 0 Å². The van der Waals surface area contributed by atoms with Crippen molar-refractivity contribution in [1.82, 2.24) is 10.2 Å². The fourth-order valence-corrected chi connectivity index (χ4v) is 1.75. The van der Waals surface area contributed by atoms with Crippen LogP contribution in [-0.2, 0) is 0 Å². The van der Waals surface area contributed by atoms with E-state index >= 15 is 0 Å². The Labute approximate surface area is 89.5 Å². The summed E-state index contributed by atoms with van der Waals surface area (Å²) in [6.45, 7) is 3.97. The zero-order chi connectivity index (χ0) is 10.9. The molecule has 15 heavy (non-hydrogen) atoms. The van der Waals surface area contributed by atoms with Crippen LogP contribution in [0.2, 0.25) is 0 Å². The van der Waals surface area contributed by atoms with Gasteiger partial charge in [-0.15, -0.1) is 10.2 Å². The molecule has 1 aliphatic rings. The second kappa shape index (κ2) is 3.66. The Balaban J connectivity index is 2.04. The average Bonchev–Trinajstić information content (AvgIpc) is 2.20.